The van der Waals surface area contributed by atoms with Gasteiger partial charge in [-0.3, -0.25) is 14.2 Å². The lowest BCUT2D eigenvalue weighted by molar-refractivity contribution is -0.142. The van der Waals surface area contributed by atoms with E-state index in [-0.39, 0.29) is 28.6 Å². The van der Waals surface area contributed by atoms with E-state index < -0.39 is 47.3 Å². The number of benzene rings is 2. The van der Waals surface area contributed by atoms with Gasteiger partial charge in [0.15, 0.2) is 5.69 Å². The van der Waals surface area contributed by atoms with E-state index in [4.69, 9.17) is 26.3 Å². The number of methoxy groups -OCH3 is 1. The third kappa shape index (κ3) is 6.69. The minimum Gasteiger partial charge on any atom is -0.497 e. The van der Waals surface area contributed by atoms with E-state index in [1.807, 2.05) is 0 Å². The first kappa shape index (κ1) is 29.2. The summed E-state index contributed by atoms with van der Waals surface area (Å²) >= 11 is 5.89. The predicted octanol–water partition coefficient (Wildman–Crippen LogP) is 5.18. The van der Waals surface area contributed by atoms with Gasteiger partial charge in [0.2, 0.25) is 5.75 Å². The van der Waals surface area contributed by atoms with Gasteiger partial charge in [-0.25, -0.2) is 18.4 Å². The van der Waals surface area contributed by atoms with Gasteiger partial charge in [-0.15, -0.1) is 0 Å². The summed E-state index contributed by atoms with van der Waals surface area (Å²) in [6.45, 7) is -0.858. The van der Waals surface area contributed by atoms with Crippen molar-refractivity contribution in [2.24, 2.45) is 0 Å². The van der Waals surface area contributed by atoms with Gasteiger partial charge in [-0.05, 0) is 42.0 Å². The first-order valence-corrected chi connectivity index (χ1v) is 11.8. The Morgan fingerprint density at radius 2 is 1.73 bits per heavy atom. The molecule has 0 saturated carbocycles. The molecule has 4 aromatic rings. The van der Waals surface area contributed by atoms with Crippen LogP contribution in [0, 0.1) is 11.3 Å². The van der Waals surface area contributed by atoms with Gasteiger partial charge in [0.25, 0.3) is 17.5 Å². The molecule has 0 spiro atoms. The highest BCUT2D eigenvalue weighted by atomic mass is 35.5. The fourth-order valence-corrected chi connectivity index (χ4v) is 3.94. The molecular formula is C26H17ClF5N5O4. The molecule has 0 amide bonds. The number of nitriles is 1. The van der Waals surface area contributed by atoms with Gasteiger partial charge >= 0.3 is 6.18 Å². The summed E-state index contributed by atoms with van der Waals surface area (Å²) in [4.78, 5) is 29.1. The molecule has 2 heterocycles. The van der Waals surface area contributed by atoms with E-state index in [1.54, 1.807) is 30.3 Å². The zero-order valence-corrected chi connectivity index (χ0v) is 21.6. The van der Waals surface area contributed by atoms with Gasteiger partial charge in [-0.2, -0.15) is 23.5 Å². The van der Waals surface area contributed by atoms with Crippen molar-refractivity contribution in [3.63, 3.8) is 0 Å². The first-order valence-electron chi connectivity index (χ1n) is 11.5. The van der Waals surface area contributed by atoms with Gasteiger partial charge in [0.05, 0.1) is 49.4 Å². The number of halogens is 6. The molecule has 0 saturated heterocycles. The largest absolute Gasteiger partial charge is 0.497 e. The third-order valence-electron chi connectivity index (χ3n) is 5.60. The second kappa shape index (κ2) is 11.8. The van der Waals surface area contributed by atoms with E-state index in [0.717, 1.165) is 22.9 Å². The minimum atomic E-state index is -5.11. The third-order valence-corrected chi connectivity index (χ3v) is 5.81. The lowest BCUT2D eigenvalue weighted by Crippen LogP contribution is -2.31. The SMILES string of the molecule is COc1ccc(Cn2nc(Cn3cnc(C(F)(F)F)c(Oc4cc(Cl)cc(C#N)c4)c3=O)cc(C(F)F)c2=O)cc1. The normalized spacial score (nSPS) is 11.4. The Labute approximate surface area is 232 Å². The van der Waals surface area contributed by atoms with Gasteiger partial charge in [0, 0.05) is 5.02 Å². The van der Waals surface area contributed by atoms with Crippen LogP contribution in [0.4, 0.5) is 22.0 Å². The molecule has 0 fully saturated rings. The number of rotatable bonds is 8. The maximum atomic E-state index is 13.7. The smallest absolute Gasteiger partial charge is 0.437 e. The van der Waals surface area contributed by atoms with Crippen LogP contribution in [0.2, 0.25) is 5.02 Å². The Bertz CT molecular complexity index is 1750. The van der Waals surface area contributed by atoms with Crippen LogP contribution in [0.1, 0.15) is 34.5 Å². The fourth-order valence-electron chi connectivity index (χ4n) is 3.72. The standard InChI is InChI=1S/C26H17ClF5N5O4/c1-40-18-4-2-14(3-5-18)11-37-24(38)20(23(28)29)9-17(35-37)12-36-13-34-22(26(30,31)32)21(25(36)39)41-19-7-15(10-33)6-16(27)8-19/h2-9,13,23H,11-12H2,1H3. The van der Waals surface area contributed by atoms with E-state index in [2.05, 4.69) is 10.1 Å². The highest BCUT2D eigenvalue weighted by Crippen LogP contribution is 2.35. The highest BCUT2D eigenvalue weighted by Gasteiger charge is 2.39. The average molecular weight is 594 g/mol. The Morgan fingerprint density at radius 1 is 1.02 bits per heavy atom. The maximum absolute atomic E-state index is 13.7. The zero-order chi connectivity index (χ0) is 29.9. The van der Waals surface area contributed by atoms with Crippen LogP contribution in [-0.4, -0.2) is 26.4 Å². The zero-order valence-electron chi connectivity index (χ0n) is 20.8. The van der Waals surface area contributed by atoms with Crippen LogP contribution >= 0.6 is 11.6 Å². The van der Waals surface area contributed by atoms with Crippen molar-refractivity contribution < 1.29 is 31.4 Å². The topological polar surface area (TPSA) is 112 Å². The van der Waals surface area contributed by atoms with Crippen LogP contribution < -0.4 is 20.6 Å². The number of aromatic nitrogens is 4. The minimum absolute atomic E-state index is 0.0420. The Hall–Kier alpha value is -4.77. The summed E-state index contributed by atoms with van der Waals surface area (Å²) in [5.74, 6) is -1.07. The predicted molar refractivity (Wildman–Crippen MR) is 134 cm³/mol. The average Bonchev–Trinajstić information content (AvgIpc) is 2.91. The molecule has 15 heteroatoms. The van der Waals surface area contributed by atoms with E-state index in [9.17, 15) is 31.5 Å². The van der Waals surface area contributed by atoms with Crippen molar-refractivity contribution in [3.05, 3.63) is 109 Å². The molecule has 0 N–H and O–H groups in total. The monoisotopic (exact) mass is 593 g/mol. The van der Waals surface area contributed by atoms with E-state index in [0.29, 0.717) is 22.2 Å². The number of hydrogen-bond acceptors (Lipinski definition) is 7. The molecule has 0 unspecified atom stereocenters. The summed E-state index contributed by atoms with van der Waals surface area (Å²) in [5.41, 5.74) is -4.78. The molecule has 0 bridgehead atoms. The number of nitrogens with zero attached hydrogens (tertiary/aromatic N) is 5. The molecule has 0 radical (unpaired) electrons. The Morgan fingerprint density at radius 3 is 2.34 bits per heavy atom. The molecule has 212 valence electrons. The van der Waals surface area contributed by atoms with Crippen molar-refractivity contribution in [2.45, 2.75) is 25.7 Å². The van der Waals surface area contributed by atoms with Gasteiger partial charge in [-0.1, -0.05) is 23.7 Å². The summed E-state index contributed by atoms with van der Waals surface area (Å²) < 4.78 is 80.2. The van der Waals surface area contributed by atoms with Crippen LogP contribution in [0.25, 0.3) is 0 Å². The molecule has 0 aliphatic rings. The van der Waals surface area contributed by atoms with Crippen molar-refractivity contribution in [1.82, 2.24) is 19.3 Å². The van der Waals surface area contributed by atoms with E-state index >= 15 is 0 Å². The van der Waals surface area contributed by atoms with Crippen LogP contribution in [0.5, 0.6) is 17.2 Å². The number of alkyl halides is 5. The maximum Gasteiger partial charge on any atom is 0.437 e. The van der Waals surface area contributed by atoms with Crippen molar-refractivity contribution in [2.75, 3.05) is 7.11 Å². The summed E-state index contributed by atoms with van der Waals surface area (Å²) in [7, 11) is 1.45. The van der Waals surface area contributed by atoms with Crippen molar-refractivity contribution >= 4 is 11.6 Å². The van der Waals surface area contributed by atoms with Crippen molar-refractivity contribution in [3.8, 4) is 23.3 Å². The summed E-state index contributed by atoms with van der Waals surface area (Å²) in [6.07, 6.45) is -7.76. The molecule has 0 aliphatic carbocycles. The van der Waals surface area contributed by atoms with E-state index in [1.165, 1.54) is 13.2 Å². The molecule has 0 atom stereocenters. The molecule has 2 aromatic carbocycles. The highest BCUT2D eigenvalue weighted by molar-refractivity contribution is 6.30. The van der Waals surface area contributed by atoms with Crippen LogP contribution in [0.3, 0.4) is 0 Å². The molecule has 9 nitrogen and oxygen atoms in total. The molecular weight excluding hydrogens is 577 g/mol. The Balaban J connectivity index is 1.77. The lowest BCUT2D eigenvalue weighted by atomic mass is 10.2. The first-order chi connectivity index (χ1) is 19.4. The molecule has 2 aromatic heterocycles. The van der Waals surface area contributed by atoms with Crippen LogP contribution in [0.15, 0.2) is 64.4 Å². The van der Waals surface area contributed by atoms with Crippen molar-refractivity contribution in [1.29, 1.82) is 5.26 Å². The molecule has 41 heavy (non-hydrogen) atoms. The second-order valence-corrected chi connectivity index (χ2v) is 8.88. The van der Waals surface area contributed by atoms with Gasteiger partial charge in [0.1, 0.15) is 11.5 Å². The quantitative estimate of drug-likeness (QED) is 0.259. The van der Waals surface area contributed by atoms with Crippen LogP contribution in [-0.2, 0) is 19.3 Å². The lowest BCUT2D eigenvalue weighted by Gasteiger charge is -2.15. The van der Waals surface area contributed by atoms with Gasteiger partial charge < -0.3 is 9.47 Å². The second-order valence-electron chi connectivity index (χ2n) is 8.45. The molecule has 0 aliphatic heterocycles. The number of ether oxygens (including phenoxy) is 2. The summed E-state index contributed by atoms with van der Waals surface area (Å²) in [6, 6.07) is 12.3. The molecule has 4 rings (SSSR count). The fraction of sp³-hybridized carbons (Fsp3) is 0.192. The Kier molecular flexibility index (Phi) is 8.39. The number of hydrogen-bond donors (Lipinski definition) is 0. The summed E-state index contributed by atoms with van der Waals surface area (Å²) in [5, 5.41) is 13.1.